The largest absolute Gasteiger partial charge is 0.309 e. The highest BCUT2D eigenvalue weighted by molar-refractivity contribution is 6.97. The van der Waals surface area contributed by atoms with Crippen molar-refractivity contribution in [3.63, 3.8) is 0 Å². The van der Waals surface area contributed by atoms with E-state index >= 15 is 0 Å². The quantitative estimate of drug-likeness (QED) is 0.142. The molecular weight excluding hydrogens is 944 g/mol. The molecule has 0 unspecified atom stereocenters. The Morgan fingerprint density at radius 3 is 0.923 bits per heavy atom. The van der Waals surface area contributed by atoms with E-state index < -0.39 is 0 Å². The predicted octanol–water partition coefficient (Wildman–Crippen LogP) is 16.8. The summed E-state index contributed by atoms with van der Waals surface area (Å²) >= 11 is 0. The molecule has 0 N–H and O–H groups in total. The van der Waals surface area contributed by atoms with E-state index in [0.29, 0.717) is 0 Å². The van der Waals surface area contributed by atoms with Gasteiger partial charge in [-0.3, -0.25) is 0 Å². The fraction of sp³-hybridized carbons (Fsp3) is 0.0959. The van der Waals surface area contributed by atoms with Crippen LogP contribution in [0.1, 0.15) is 38.9 Å². The maximum Gasteiger partial charge on any atom is 0.243 e. The molecule has 11 aromatic carbocycles. The molecule has 0 aliphatic carbocycles. The second-order valence-corrected chi connectivity index (χ2v) is 22.0. The van der Waals surface area contributed by atoms with Crippen LogP contribution in [0.15, 0.2) is 218 Å². The zero-order valence-electron chi connectivity index (χ0n) is 45.2. The van der Waals surface area contributed by atoms with Gasteiger partial charge in [0.05, 0.1) is 44.1 Å². The van der Waals surface area contributed by atoms with E-state index in [1.54, 1.807) is 0 Å². The van der Waals surface area contributed by atoms with E-state index in [1.165, 1.54) is 154 Å². The van der Waals surface area contributed by atoms with Gasteiger partial charge in [0.15, 0.2) is 0 Å². The van der Waals surface area contributed by atoms with Gasteiger partial charge in [-0.2, -0.15) is 0 Å². The third-order valence-electron chi connectivity index (χ3n) is 17.2. The van der Waals surface area contributed by atoms with E-state index in [9.17, 15) is 0 Å². The minimum atomic E-state index is -0.0175. The van der Waals surface area contributed by atoms with Crippen LogP contribution in [0.5, 0.6) is 0 Å². The van der Waals surface area contributed by atoms with Gasteiger partial charge in [-0.25, -0.2) is 0 Å². The van der Waals surface area contributed by atoms with Crippen molar-refractivity contribution in [3.8, 4) is 22.7 Å². The summed E-state index contributed by atoms with van der Waals surface area (Å²) in [6.45, 7) is 16.3. The van der Waals surface area contributed by atoms with Crippen LogP contribution in [0.25, 0.3) is 110 Å². The van der Waals surface area contributed by atoms with Crippen LogP contribution in [-0.4, -0.2) is 25.0 Å². The number of benzene rings is 11. The molecule has 4 nitrogen and oxygen atoms in total. The number of hydrogen-bond acceptors (Lipinski definition) is 0. The molecule has 0 aliphatic heterocycles. The molecule has 0 spiro atoms. The van der Waals surface area contributed by atoms with E-state index in [4.69, 9.17) is 0 Å². The topological polar surface area (TPSA) is 19.7 Å². The minimum absolute atomic E-state index is 0.0175. The van der Waals surface area contributed by atoms with Crippen molar-refractivity contribution in [2.45, 2.75) is 48.5 Å². The lowest BCUT2D eigenvalue weighted by atomic mass is 9.33. The Kier molecular flexibility index (Phi) is 10.2. The lowest BCUT2D eigenvalue weighted by molar-refractivity contribution is 1.16. The summed E-state index contributed by atoms with van der Waals surface area (Å²) in [6.07, 6.45) is 0. The first-order valence-electron chi connectivity index (χ1n) is 27.5. The number of fused-ring (bicyclic) bond motifs is 14. The summed E-state index contributed by atoms with van der Waals surface area (Å²) in [7, 11) is 0. The van der Waals surface area contributed by atoms with Crippen LogP contribution in [0.3, 0.4) is 0 Å². The third-order valence-corrected chi connectivity index (χ3v) is 17.2. The number of rotatable bonds is 7. The zero-order chi connectivity index (χ0) is 52.7. The molecular formula is C73H57BN4. The van der Waals surface area contributed by atoms with Gasteiger partial charge >= 0.3 is 0 Å². The maximum absolute atomic E-state index is 2.56. The van der Waals surface area contributed by atoms with Crippen molar-refractivity contribution in [1.29, 1.82) is 0 Å². The fourth-order valence-electron chi connectivity index (χ4n) is 14.4. The van der Waals surface area contributed by atoms with Crippen LogP contribution < -0.4 is 16.4 Å². The number of para-hydroxylation sites is 6. The van der Waals surface area contributed by atoms with E-state index in [1.807, 2.05) is 0 Å². The molecule has 78 heavy (non-hydrogen) atoms. The molecule has 4 aromatic heterocycles. The molecule has 372 valence electrons. The van der Waals surface area contributed by atoms with Crippen molar-refractivity contribution in [2.24, 2.45) is 0 Å². The molecule has 0 fully saturated rings. The summed E-state index contributed by atoms with van der Waals surface area (Å²) in [5.74, 6) is 0. The third kappa shape index (κ3) is 6.61. The Balaban J connectivity index is 0.965. The summed E-state index contributed by atoms with van der Waals surface area (Å²) < 4.78 is 9.98. The number of hydrogen-bond donors (Lipinski definition) is 0. The van der Waals surface area contributed by atoms with Crippen LogP contribution in [0, 0.1) is 48.5 Å². The molecule has 5 heteroatoms. The summed E-state index contributed by atoms with van der Waals surface area (Å²) in [4.78, 5) is 0. The first-order valence-corrected chi connectivity index (χ1v) is 27.5. The number of nitrogens with zero attached hydrogens (tertiary/aromatic N) is 4. The monoisotopic (exact) mass is 1000 g/mol. The second kappa shape index (κ2) is 17.4. The van der Waals surface area contributed by atoms with Gasteiger partial charge in [0.1, 0.15) is 0 Å². The Bertz CT molecular complexity index is 4630. The lowest BCUT2D eigenvalue weighted by Gasteiger charge is -2.28. The average Bonchev–Trinajstić information content (AvgIpc) is 4.26. The fourth-order valence-corrected chi connectivity index (χ4v) is 14.4. The van der Waals surface area contributed by atoms with E-state index in [2.05, 4.69) is 285 Å². The van der Waals surface area contributed by atoms with Crippen molar-refractivity contribution in [2.75, 3.05) is 0 Å². The smallest absolute Gasteiger partial charge is 0.243 e. The Morgan fingerprint density at radius 1 is 0.244 bits per heavy atom. The molecule has 4 heterocycles. The summed E-state index contributed by atoms with van der Waals surface area (Å²) in [5, 5.41) is 10.1. The highest BCUT2D eigenvalue weighted by Gasteiger charge is 2.33. The number of aryl methyl sites for hydroxylation is 7. The van der Waals surface area contributed by atoms with Gasteiger partial charge in [-0.15, -0.1) is 0 Å². The lowest BCUT2D eigenvalue weighted by Crippen LogP contribution is -2.57. The van der Waals surface area contributed by atoms with Crippen molar-refractivity contribution in [3.05, 3.63) is 257 Å². The average molecular weight is 1000 g/mol. The van der Waals surface area contributed by atoms with Crippen LogP contribution >= 0.6 is 0 Å². The van der Waals surface area contributed by atoms with Crippen LogP contribution in [0.4, 0.5) is 0 Å². The van der Waals surface area contributed by atoms with Gasteiger partial charge in [0, 0.05) is 65.8 Å². The normalized spacial score (nSPS) is 12.0. The molecule has 0 radical (unpaired) electrons. The van der Waals surface area contributed by atoms with Crippen molar-refractivity contribution in [1.82, 2.24) is 18.3 Å². The Labute approximate surface area is 454 Å². The molecule has 15 rings (SSSR count). The van der Waals surface area contributed by atoms with Crippen LogP contribution in [0.2, 0.25) is 0 Å². The highest BCUT2D eigenvalue weighted by atomic mass is 15.0. The maximum atomic E-state index is 2.56. The molecule has 15 aromatic rings. The zero-order valence-corrected chi connectivity index (χ0v) is 45.2. The molecule has 0 amide bonds. The standard InChI is InChI=1S/C73H57BN4/c1-44-38-45(2)69(46(3)39-44)74(70-47(4)40-53(41-48(70)5)77-61-30-18-14-26-55(61)57-34-36-65-67(72(57)77)59-28-16-20-32-63(59)75(65)51-22-10-8-11-23-51)71-49(6)42-54(43-50(71)7)78-62-31-19-15-27-56(62)58-35-37-66-68(73(58)78)60-29-17-21-33-64(60)76(66)52-24-12-9-13-25-52/h8-43H,1-7H3. The molecule has 0 saturated carbocycles. The van der Waals surface area contributed by atoms with E-state index in [0.717, 1.165) is 11.4 Å². The first-order chi connectivity index (χ1) is 38.1. The molecule has 0 bridgehead atoms. The minimum Gasteiger partial charge on any atom is -0.309 e. The first kappa shape index (κ1) is 46.0. The predicted molar refractivity (Wildman–Crippen MR) is 334 cm³/mol. The van der Waals surface area contributed by atoms with Gasteiger partial charge in [0.2, 0.25) is 6.71 Å². The van der Waals surface area contributed by atoms with Gasteiger partial charge in [-0.05, 0) is 133 Å². The summed E-state index contributed by atoms with van der Waals surface area (Å²) in [5.41, 5.74) is 27.5. The van der Waals surface area contributed by atoms with Crippen molar-refractivity contribution < 1.29 is 0 Å². The van der Waals surface area contributed by atoms with Gasteiger partial charge in [0.25, 0.3) is 0 Å². The van der Waals surface area contributed by atoms with Gasteiger partial charge < -0.3 is 18.3 Å². The second-order valence-electron chi connectivity index (χ2n) is 22.0. The Hall–Kier alpha value is -9.32. The van der Waals surface area contributed by atoms with Gasteiger partial charge in [-0.1, -0.05) is 189 Å². The van der Waals surface area contributed by atoms with E-state index in [-0.39, 0.29) is 6.71 Å². The van der Waals surface area contributed by atoms with Crippen LogP contribution in [-0.2, 0) is 0 Å². The summed E-state index contributed by atoms with van der Waals surface area (Å²) in [6, 6.07) is 81.4. The molecule has 0 atom stereocenters. The molecule has 0 saturated heterocycles. The number of aromatic nitrogens is 4. The SMILES string of the molecule is Cc1cc(C)c(B(c2c(C)cc(-n3c4ccccc4c4ccc5c(c6ccccc6n5-c5ccccc5)c43)cc2C)c2c(C)cc(-n3c4ccccc4c4ccc5c(c6ccccc6n5-c5ccccc5)c43)cc2C)c(C)c1. The Morgan fingerprint density at radius 2 is 0.551 bits per heavy atom. The highest BCUT2D eigenvalue weighted by Crippen LogP contribution is 2.44. The van der Waals surface area contributed by atoms with Crippen molar-refractivity contribution >= 4 is 110 Å². The molecule has 0 aliphatic rings.